The summed E-state index contributed by atoms with van der Waals surface area (Å²) in [5.41, 5.74) is 2.68. The number of carbonyl (C=O) groups excluding carboxylic acids is 1. The molecule has 0 unspecified atom stereocenters. The minimum atomic E-state index is -0.525. The molecule has 1 aromatic carbocycles. The number of nitrogens with one attached hydrogen (secondary N) is 2. The third-order valence-corrected chi connectivity index (χ3v) is 3.18. The molecule has 0 spiro atoms. The molecule has 0 saturated carbocycles. The van der Waals surface area contributed by atoms with E-state index in [4.69, 9.17) is 10.8 Å². The molecule has 0 heterocycles. The molecule has 0 fully saturated rings. The van der Waals surface area contributed by atoms with E-state index in [0.717, 1.165) is 11.3 Å². The number of rotatable bonds is 8. The first-order valence-corrected chi connectivity index (χ1v) is 7.75. The number of ketones is 1. The second-order valence-corrected chi connectivity index (χ2v) is 5.75. The largest absolute Gasteiger partial charge is 0.299 e. The minimum Gasteiger partial charge on any atom is -0.299 e. The molecule has 0 aliphatic carbocycles. The fourth-order valence-electron chi connectivity index (χ4n) is 1.76. The van der Waals surface area contributed by atoms with Crippen molar-refractivity contribution in [2.24, 2.45) is 5.10 Å². The number of halogens is 1. The van der Waals surface area contributed by atoms with E-state index in [1.54, 1.807) is 36.2 Å². The van der Waals surface area contributed by atoms with Crippen LogP contribution in [0, 0.1) is 10.8 Å². The van der Waals surface area contributed by atoms with E-state index in [0.29, 0.717) is 11.3 Å². The van der Waals surface area contributed by atoms with Crippen molar-refractivity contribution in [1.82, 2.24) is 0 Å². The second kappa shape index (κ2) is 9.42. The van der Waals surface area contributed by atoms with E-state index in [1.807, 2.05) is 20.0 Å². The number of alkyl halides is 1. The van der Waals surface area contributed by atoms with Crippen LogP contribution in [-0.4, -0.2) is 22.9 Å². The Morgan fingerprint density at radius 2 is 1.64 bits per heavy atom. The molecule has 25 heavy (non-hydrogen) atoms. The zero-order valence-corrected chi connectivity index (χ0v) is 14.9. The highest BCUT2D eigenvalue weighted by atomic mass is 19.1. The van der Waals surface area contributed by atoms with E-state index in [2.05, 4.69) is 5.10 Å². The van der Waals surface area contributed by atoms with Gasteiger partial charge >= 0.3 is 0 Å². The average molecular weight is 342 g/mol. The predicted molar refractivity (Wildman–Crippen MR) is 102 cm³/mol. The number of anilines is 1. The quantitative estimate of drug-likeness (QED) is 0.541. The van der Waals surface area contributed by atoms with Gasteiger partial charge < -0.3 is 0 Å². The molecule has 132 valence electrons. The van der Waals surface area contributed by atoms with Gasteiger partial charge in [0.25, 0.3) is 0 Å². The molecule has 0 aliphatic heterocycles. The number of hydrogen-bond acceptors (Lipinski definition) is 5. The summed E-state index contributed by atoms with van der Waals surface area (Å²) in [6, 6.07) is 6.89. The molecule has 1 aromatic rings. The zero-order valence-electron chi connectivity index (χ0n) is 14.9. The number of Topliss-reactive ketones (excluding diaryl/α,β-unsaturated/α-hetero) is 1. The Balaban J connectivity index is 3.08. The Morgan fingerprint density at radius 1 is 1.08 bits per heavy atom. The Morgan fingerprint density at radius 3 is 2.12 bits per heavy atom. The lowest BCUT2D eigenvalue weighted by Gasteiger charge is -2.17. The maximum Gasteiger partial charge on any atom is 0.177 e. The molecule has 5 nitrogen and oxygen atoms in total. The second-order valence-electron chi connectivity index (χ2n) is 5.75. The molecule has 0 aromatic heterocycles. The van der Waals surface area contributed by atoms with Crippen LogP contribution in [0.2, 0.25) is 0 Å². The van der Waals surface area contributed by atoms with Crippen LogP contribution in [0.5, 0.6) is 0 Å². The van der Waals surface area contributed by atoms with Gasteiger partial charge in [0.1, 0.15) is 6.67 Å². The van der Waals surface area contributed by atoms with Gasteiger partial charge in [-0.25, -0.2) is 9.40 Å². The fraction of sp³-hybridized carbons (Fsp3) is 0.263. The van der Waals surface area contributed by atoms with Crippen molar-refractivity contribution in [3.63, 3.8) is 0 Å². The van der Waals surface area contributed by atoms with Gasteiger partial charge in [-0.3, -0.25) is 15.6 Å². The van der Waals surface area contributed by atoms with Gasteiger partial charge in [-0.05, 0) is 50.6 Å². The fourth-order valence-corrected chi connectivity index (χ4v) is 1.76. The highest BCUT2D eigenvalue weighted by Crippen LogP contribution is 2.18. The Labute approximate surface area is 147 Å². The van der Waals surface area contributed by atoms with E-state index in [-0.39, 0.29) is 17.2 Å². The van der Waals surface area contributed by atoms with Crippen molar-refractivity contribution in [2.75, 3.05) is 5.01 Å². The van der Waals surface area contributed by atoms with E-state index in [9.17, 15) is 9.18 Å². The van der Waals surface area contributed by atoms with Crippen molar-refractivity contribution >= 4 is 28.6 Å². The van der Waals surface area contributed by atoms with Crippen LogP contribution < -0.4 is 5.01 Å². The van der Waals surface area contributed by atoms with Crippen LogP contribution in [0.25, 0.3) is 0 Å². The van der Waals surface area contributed by atoms with Crippen LogP contribution in [0.15, 0.2) is 53.3 Å². The van der Waals surface area contributed by atoms with Gasteiger partial charge in [-0.2, -0.15) is 5.10 Å². The molecule has 0 atom stereocenters. The zero-order chi connectivity index (χ0) is 19.0. The molecule has 0 bridgehead atoms. The lowest BCUT2D eigenvalue weighted by Crippen LogP contribution is -2.16. The molecule has 0 radical (unpaired) electrons. The normalized spacial score (nSPS) is 11.3. The van der Waals surface area contributed by atoms with Gasteiger partial charge in [-0.15, -0.1) is 0 Å². The van der Waals surface area contributed by atoms with Crippen molar-refractivity contribution in [1.29, 1.82) is 10.8 Å². The highest BCUT2D eigenvalue weighted by molar-refractivity contribution is 6.47. The van der Waals surface area contributed by atoms with Gasteiger partial charge in [-0.1, -0.05) is 17.7 Å². The lowest BCUT2D eigenvalue weighted by molar-refractivity contribution is -0.111. The third kappa shape index (κ3) is 6.63. The van der Waals surface area contributed by atoms with E-state index >= 15 is 0 Å². The SMILES string of the molecule is CC(=O)C(=N)/C=C\C(=N)/C(C)=N/N(C=C(C)C)c1ccc(CF)cc1. The maximum absolute atomic E-state index is 12.7. The average Bonchev–Trinajstić information content (AvgIpc) is 2.58. The summed E-state index contributed by atoms with van der Waals surface area (Å²) in [4.78, 5) is 11.0. The molecule has 0 amide bonds. The predicted octanol–water partition coefficient (Wildman–Crippen LogP) is 4.45. The van der Waals surface area contributed by atoms with Crippen molar-refractivity contribution < 1.29 is 9.18 Å². The first-order chi connectivity index (χ1) is 11.7. The van der Waals surface area contributed by atoms with E-state index < -0.39 is 6.67 Å². The van der Waals surface area contributed by atoms with Crippen LogP contribution in [0.4, 0.5) is 10.1 Å². The van der Waals surface area contributed by atoms with Crippen molar-refractivity contribution in [2.45, 2.75) is 34.4 Å². The molecule has 0 saturated heterocycles. The minimum absolute atomic E-state index is 0.0959. The van der Waals surface area contributed by atoms with Crippen molar-refractivity contribution in [3.05, 3.63) is 53.8 Å². The van der Waals surface area contributed by atoms with Gasteiger partial charge in [0.05, 0.1) is 22.8 Å². The summed E-state index contributed by atoms with van der Waals surface area (Å²) in [6.07, 6.45) is 4.46. The molecular formula is C19H23FN4O. The van der Waals surface area contributed by atoms with Crippen molar-refractivity contribution in [3.8, 4) is 0 Å². The first-order valence-electron chi connectivity index (χ1n) is 7.75. The van der Waals surface area contributed by atoms with E-state index in [1.165, 1.54) is 19.1 Å². The monoisotopic (exact) mass is 342 g/mol. The van der Waals surface area contributed by atoms with Crippen LogP contribution in [0.1, 0.15) is 33.3 Å². The number of hydrogen-bond donors (Lipinski definition) is 2. The smallest absolute Gasteiger partial charge is 0.177 e. The number of hydrazone groups is 1. The number of allylic oxidation sites excluding steroid dienone is 3. The van der Waals surface area contributed by atoms with Gasteiger partial charge in [0.15, 0.2) is 5.78 Å². The maximum atomic E-state index is 12.7. The number of carbonyl (C=O) groups is 1. The Bertz CT molecular complexity index is 741. The number of benzene rings is 1. The molecule has 2 N–H and O–H groups in total. The summed E-state index contributed by atoms with van der Waals surface area (Å²) in [5.74, 6) is -0.363. The lowest BCUT2D eigenvalue weighted by atomic mass is 10.2. The first kappa shape index (κ1) is 20.2. The summed E-state index contributed by atoms with van der Waals surface area (Å²) in [6.45, 7) is 6.30. The standard InChI is InChI=1S/C19H23FN4O/c1-13(2)12-24(17-7-5-16(11-20)6-8-17)23-14(3)18(21)9-10-19(22)15(4)25/h5-10,12,21-22H,11H2,1-4H3/b10-9-,21-18?,22-19?,23-14+. The molecule has 0 aliphatic rings. The van der Waals surface area contributed by atoms with Gasteiger partial charge in [0.2, 0.25) is 0 Å². The van der Waals surface area contributed by atoms with Crippen LogP contribution >= 0.6 is 0 Å². The molecule has 1 rings (SSSR count). The Hall–Kier alpha value is -2.89. The molecule has 6 heteroatoms. The summed E-state index contributed by atoms with van der Waals surface area (Å²) >= 11 is 0. The van der Waals surface area contributed by atoms with Gasteiger partial charge in [0, 0.05) is 13.1 Å². The van der Waals surface area contributed by atoms with Crippen LogP contribution in [0.3, 0.4) is 0 Å². The number of nitrogens with zero attached hydrogens (tertiary/aromatic N) is 2. The highest BCUT2D eigenvalue weighted by Gasteiger charge is 2.06. The molecular weight excluding hydrogens is 319 g/mol. The third-order valence-electron chi connectivity index (χ3n) is 3.18. The topological polar surface area (TPSA) is 80.4 Å². The Kier molecular flexibility index (Phi) is 7.59. The summed E-state index contributed by atoms with van der Waals surface area (Å²) < 4.78 is 12.7. The summed E-state index contributed by atoms with van der Waals surface area (Å²) in [5, 5.41) is 21.5. The van der Waals surface area contributed by atoms with Crippen LogP contribution in [-0.2, 0) is 11.5 Å². The summed E-state index contributed by atoms with van der Waals surface area (Å²) in [7, 11) is 0.